The van der Waals surface area contributed by atoms with Crippen molar-refractivity contribution in [3.63, 3.8) is 0 Å². The standard InChI is InChI=1S/C12H18FNS/c1-12(2,3)15-8-11(14)9-4-6-10(13)7-5-9/h4-7,11H,8,14H2,1-3H3. The number of thioether (sulfide) groups is 1. The van der Waals surface area contributed by atoms with Crippen LogP contribution in [-0.4, -0.2) is 10.5 Å². The predicted molar refractivity (Wildman–Crippen MR) is 65.5 cm³/mol. The average molecular weight is 227 g/mol. The molecular formula is C12H18FNS. The minimum Gasteiger partial charge on any atom is -0.323 e. The molecule has 1 atom stereocenters. The van der Waals surface area contributed by atoms with Crippen LogP contribution in [0.2, 0.25) is 0 Å². The van der Waals surface area contributed by atoms with E-state index in [9.17, 15) is 4.39 Å². The predicted octanol–water partition coefficient (Wildman–Crippen LogP) is 3.36. The summed E-state index contributed by atoms with van der Waals surface area (Å²) in [7, 11) is 0. The monoisotopic (exact) mass is 227 g/mol. The number of hydrogen-bond donors (Lipinski definition) is 1. The number of halogens is 1. The number of hydrogen-bond acceptors (Lipinski definition) is 2. The second kappa shape index (κ2) is 4.99. The lowest BCUT2D eigenvalue weighted by atomic mass is 10.1. The smallest absolute Gasteiger partial charge is 0.123 e. The molecule has 0 bridgehead atoms. The van der Waals surface area contributed by atoms with Crippen LogP contribution in [-0.2, 0) is 0 Å². The van der Waals surface area contributed by atoms with Crippen molar-refractivity contribution < 1.29 is 4.39 Å². The van der Waals surface area contributed by atoms with Crippen LogP contribution in [0.3, 0.4) is 0 Å². The maximum absolute atomic E-state index is 12.7. The quantitative estimate of drug-likeness (QED) is 0.857. The summed E-state index contributed by atoms with van der Waals surface area (Å²) in [5, 5.41) is 0. The van der Waals surface area contributed by atoms with E-state index >= 15 is 0 Å². The molecule has 1 aromatic carbocycles. The third-order valence-electron chi connectivity index (χ3n) is 1.99. The molecule has 1 unspecified atom stereocenters. The molecule has 0 aliphatic heterocycles. The van der Waals surface area contributed by atoms with Gasteiger partial charge in [-0.15, -0.1) is 0 Å². The molecule has 1 aromatic rings. The van der Waals surface area contributed by atoms with Crippen molar-refractivity contribution in [2.45, 2.75) is 31.6 Å². The summed E-state index contributed by atoms with van der Waals surface area (Å²) in [4.78, 5) is 0. The molecule has 1 nitrogen and oxygen atoms in total. The lowest BCUT2D eigenvalue weighted by Crippen LogP contribution is -2.17. The van der Waals surface area contributed by atoms with Crippen molar-refractivity contribution in [1.82, 2.24) is 0 Å². The highest BCUT2D eigenvalue weighted by atomic mass is 32.2. The second-order valence-corrected chi connectivity index (χ2v) is 6.43. The first-order valence-electron chi connectivity index (χ1n) is 5.03. The molecule has 15 heavy (non-hydrogen) atoms. The number of benzene rings is 1. The Morgan fingerprint density at radius 2 is 1.80 bits per heavy atom. The van der Waals surface area contributed by atoms with E-state index < -0.39 is 0 Å². The van der Waals surface area contributed by atoms with Gasteiger partial charge in [-0.1, -0.05) is 32.9 Å². The van der Waals surface area contributed by atoms with Crippen LogP contribution in [0, 0.1) is 5.82 Å². The van der Waals surface area contributed by atoms with Crippen LogP contribution in [0.5, 0.6) is 0 Å². The summed E-state index contributed by atoms with van der Waals surface area (Å²) in [6, 6.07) is 6.40. The fourth-order valence-electron chi connectivity index (χ4n) is 1.15. The molecule has 0 amide bonds. The summed E-state index contributed by atoms with van der Waals surface area (Å²) in [6.45, 7) is 6.49. The zero-order chi connectivity index (χ0) is 11.5. The van der Waals surface area contributed by atoms with Gasteiger partial charge in [0.15, 0.2) is 0 Å². The summed E-state index contributed by atoms with van der Waals surface area (Å²) in [5.74, 6) is 0.643. The molecule has 0 fully saturated rings. The van der Waals surface area contributed by atoms with Crippen LogP contribution in [0.1, 0.15) is 32.4 Å². The molecule has 0 aliphatic rings. The molecule has 0 saturated heterocycles. The molecular weight excluding hydrogens is 209 g/mol. The number of nitrogens with two attached hydrogens (primary N) is 1. The fraction of sp³-hybridized carbons (Fsp3) is 0.500. The molecule has 84 valence electrons. The van der Waals surface area contributed by atoms with Gasteiger partial charge < -0.3 is 5.73 Å². The Bertz CT molecular complexity index is 302. The highest BCUT2D eigenvalue weighted by Crippen LogP contribution is 2.27. The van der Waals surface area contributed by atoms with Gasteiger partial charge in [0, 0.05) is 16.5 Å². The largest absolute Gasteiger partial charge is 0.323 e. The van der Waals surface area contributed by atoms with Crippen LogP contribution >= 0.6 is 11.8 Å². The summed E-state index contributed by atoms with van der Waals surface area (Å²) in [5.41, 5.74) is 7.00. The molecule has 0 radical (unpaired) electrons. The minimum atomic E-state index is -0.213. The van der Waals surface area contributed by atoms with Crippen LogP contribution in [0.15, 0.2) is 24.3 Å². The first-order valence-corrected chi connectivity index (χ1v) is 6.02. The fourth-order valence-corrected chi connectivity index (χ4v) is 2.02. The van der Waals surface area contributed by atoms with Gasteiger partial charge in [0.2, 0.25) is 0 Å². The zero-order valence-electron chi connectivity index (χ0n) is 9.46. The molecule has 0 saturated carbocycles. The van der Waals surface area contributed by atoms with E-state index in [1.165, 1.54) is 12.1 Å². The van der Waals surface area contributed by atoms with Crippen LogP contribution < -0.4 is 5.73 Å². The molecule has 1 rings (SSSR count). The van der Waals surface area contributed by atoms with Crippen molar-refractivity contribution in [3.05, 3.63) is 35.6 Å². The third-order valence-corrected chi connectivity index (χ3v) is 3.39. The molecule has 0 heterocycles. The van der Waals surface area contributed by atoms with Crippen molar-refractivity contribution in [2.75, 3.05) is 5.75 Å². The number of rotatable bonds is 3. The van der Waals surface area contributed by atoms with Gasteiger partial charge in [0.1, 0.15) is 5.82 Å². The maximum atomic E-state index is 12.7. The van der Waals surface area contributed by atoms with E-state index in [2.05, 4.69) is 20.8 Å². The lowest BCUT2D eigenvalue weighted by Gasteiger charge is -2.20. The molecule has 3 heteroatoms. The van der Waals surface area contributed by atoms with E-state index in [1.807, 2.05) is 11.8 Å². The van der Waals surface area contributed by atoms with Crippen molar-refractivity contribution in [1.29, 1.82) is 0 Å². The van der Waals surface area contributed by atoms with Gasteiger partial charge in [-0.05, 0) is 17.7 Å². The van der Waals surface area contributed by atoms with Crippen molar-refractivity contribution in [3.8, 4) is 0 Å². The first-order chi connectivity index (χ1) is 6.88. The summed E-state index contributed by atoms with van der Waals surface area (Å²) < 4.78 is 12.9. The second-order valence-electron chi connectivity index (χ2n) is 4.58. The Labute approximate surface area is 95.2 Å². The Morgan fingerprint density at radius 1 is 1.27 bits per heavy atom. The van der Waals surface area contributed by atoms with E-state index in [-0.39, 0.29) is 16.6 Å². The summed E-state index contributed by atoms with van der Waals surface area (Å²) in [6.07, 6.45) is 0. The average Bonchev–Trinajstić information content (AvgIpc) is 2.14. The van der Waals surface area contributed by atoms with Gasteiger partial charge in [-0.3, -0.25) is 0 Å². The summed E-state index contributed by atoms with van der Waals surface area (Å²) >= 11 is 1.82. The third kappa shape index (κ3) is 4.67. The Balaban J connectivity index is 2.54. The Kier molecular flexibility index (Phi) is 4.17. The Morgan fingerprint density at radius 3 is 2.27 bits per heavy atom. The van der Waals surface area contributed by atoms with Gasteiger partial charge in [0.25, 0.3) is 0 Å². The molecule has 2 N–H and O–H groups in total. The van der Waals surface area contributed by atoms with Gasteiger partial charge in [-0.25, -0.2) is 4.39 Å². The van der Waals surface area contributed by atoms with E-state index in [0.29, 0.717) is 0 Å². The molecule has 0 aliphatic carbocycles. The first kappa shape index (κ1) is 12.5. The Hall–Kier alpha value is -0.540. The van der Waals surface area contributed by atoms with Crippen LogP contribution in [0.25, 0.3) is 0 Å². The van der Waals surface area contributed by atoms with E-state index in [4.69, 9.17) is 5.73 Å². The van der Waals surface area contributed by atoms with Gasteiger partial charge in [0.05, 0.1) is 0 Å². The van der Waals surface area contributed by atoms with Gasteiger partial charge in [-0.2, -0.15) is 11.8 Å². The molecule has 0 aromatic heterocycles. The van der Waals surface area contributed by atoms with Crippen molar-refractivity contribution in [2.24, 2.45) is 5.73 Å². The zero-order valence-corrected chi connectivity index (χ0v) is 10.3. The topological polar surface area (TPSA) is 26.0 Å². The SMILES string of the molecule is CC(C)(C)SCC(N)c1ccc(F)cc1. The molecule has 0 spiro atoms. The normalized spacial score (nSPS) is 13.9. The van der Waals surface area contributed by atoms with Gasteiger partial charge >= 0.3 is 0 Å². The van der Waals surface area contributed by atoms with E-state index in [1.54, 1.807) is 12.1 Å². The van der Waals surface area contributed by atoms with E-state index in [0.717, 1.165) is 11.3 Å². The van der Waals surface area contributed by atoms with Crippen LogP contribution in [0.4, 0.5) is 4.39 Å². The lowest BCUT2D eigenvalue weighted by molar-refractivity contribution is 0.626. The van der Waals surface area contributed by atoms with Crippen molar-refractivity contribution >= 4 is 11.8 Å². The highest BCUT2D eigenvalue weighted by molar-refractivity contribution is 8.00. The highest BCUT2D eigenvalue weighted by Gasteiger charge is 2.14. The maximum Gasteiger partial charge on any atom is 0.123 e. The minimum absolute atomic E-state index is 0.0187.